The van der Waals surface area contributed by atoms with Crippen LogP contribution in [0.25, 0.3) is 26.9 Å². The van der Waals surface area contributed by atoms with Crippen molar-refractivity contribution in [3.8, 4) is 5.69 Å². The van der Waals surface area contributed by atoms with E-state index in [4.69, 9.17) is 11.6 Å². The van der Waals surface area contributed by atoms with Crippen molar-refractivity contribution in [3.05, 3.63) is 91.2 Å². The van der Waals surface area contributed by atoms with Crippen LogP contribution in [-0.4, -0.2) is 60.9 Å². The van der Waals surface area contributed by atoms with E-state index in [1.807, 2.05) is 4.72 Å². The number of aromatic nitrogens is 7. The molecule has 2 aliphatic carbocycles. The molecule has 6 aromatic rings. The Kier molecular flexibility index (Phi) is 9.34. The lowest BCUT2D eigenvalue weighted by molar-refractivity contribution is -0.142. The number of benzene rings is 2. The Morgan fingerprint density at radius 2 is 1.76 bits per heavy atom. The van der Waals surface area contributed by atoms with Crippen LogP contribution in [0.2, 0.25) is 5.02 Å². The van der Waals surface area contributed by atoms with Crippen LogP contribution in [0.15, 0.2) is 40.6 Å². The molecule has 2 aromatic carbocycles. The first-order valence-corrected chi connectivity index (χ1v) is 20.0. The van der Waals surface area contributed by atoms with Crippen LogP contribution in [0.4, 0.5) is 49.7 Å². The molecule has 1 saturated carbocycles. The Balaban J connectivity index is 1.32. The molecule has 0 radical (unpaired) electrons. The van der Waals surface area contributed by atoms with E-state index in [1.54, 1.807) is 0 Å². The van der Waals surface area contributed by atoms with Crippen molar-refractivity contribution in [3.63, 3.8) is 0 Å². The maximum absolute atomic E-state index is 15.4. The van der Waals surface area contributed by atoms with Gasteiger partial charge in [-0.25, -0.2) is 27.2 Å². The Morgan fingerprint density at radius 3 is 2.41 bits per heavy atom. The molecular formula is C33H22ClF10N9O4S2. The number of nitrogens with one attached hydrogen (secondary N) is 2. The zero-order valence-electron chi connectivity index (χ0n) is 29.3. The number of carbonyl (C=O) groups is 1. The van der Waals surface area contributed by atoms with E-state index in [9.17, 15) is 53.1 Å². The molecule has 1 fully saturated rings. The van der Waals surface area contributed by atoms with Crippen LogP contribution in [0.3, 0.4) is 0 Å². The van der Waals surface area contributed by atoms with Crippen molar-refractivity contribution in [2.75, 3.05) is 11.0 Å². The van der Waals surface area contributed by atoms with Crippen LogP contribution >= 0.6 is 22.9 Å². The normalized spacial score (nSPS) is 18.0. The summed E-state index contributed by atoms with van der Waals surface area (Å²) in [7, 11) is -4.22. The quantitative estimate of drug-likeness (QED) is 0.146. The number of nitrogens with zero attached hydrogens (tertiary/aromatic N) is 7. The fourth-order valence-corrected chi connectivity index (χ4v) is 8.80. The van der Waals surface area contributed by atoms with Crippen LogP contribution in [-0.2, 0) is 46.4 Å². The predicted octanol–water partition coefficient (Wildman–Crippen LogP) is 6.58. The highest BCUT2D eigenvalue weighted by Crippen LogP contribution is 2.68. The van der Waals surface area contributed by atoms with Gasteiger partial charge in [-0.2, -0.15) is 45.3 Å². The first-order chi connectivity index (χ1) is 27.4. The topological polar surface area (TPSA) is 159 Å². The predicted molar refractivity (Wildman–Crippen MR) is 189 cm³/mol. The SMILES string of the molecule is CS(=O)(=O)Nc1nn(CC(F)(F)F)c2c(-n3c([C@H](Cc4cc(F)cc(F)c4)NC(=O)Cn4nc(C(F)(F)F)c5c4C(F)(F)[C@@H]4C[C@H]54)nc4scnc4c3=O)ccc(Cl)c12. The van der Waals surface area contributed by atoms with E-state index in [0.717, 1.165) is 35.6 Å². The van der Waals surface area contributed by atoms with E-state index < -0.39 is 134 Å². The van der Waals surface area contributed by atoms with Crippen molar-refractivity contribution >= 4 is 65.9 Å². The summed E-state index contributed by atoms with van der Waals surface area (Å²) in [6.45, 7) is -3.14. The molecule has 0 unspecified atom stereocenters. The van der Waals surface area contributed by atoms with Gasteiger partial charge in [0, 0.05) is 24.0 Å². The third-order valence-electron chi connectivity index (χ3n) is 9.58. The van der Waals surface area contributed by atoms with Gasteiger partial charge in [0.1, 0.15) is 36.2 Å². The maximum Gasteiger partial charge on any atom is 0.435 e. The highest BCUT2D eigenvalue weighted by molar-refractivity contribution is 7.92. The summed E-state index contributed by atoms with van der Waals surface area (Å²) in [6.07, 6.45) is -10.4. The van der Waals surface area contributed by atoms with Gasteiger partial charge in [-0.15, -0.1) is 11.3 Å². The van der Waals surface area contributed by atoms with Crippen molar-refractivity contribution < 1.29 is 57.1 Å². The highest BCUT2D eigenvalue weighted by atomic mass is 35.5. The van der Waals surface area contributed by atoms with Crippen LogP contribution in [0, 0.1) is 17.6 Å². The fraction of sp³-hybridized carbons (Fsp3) is 0.333. The van der Waals surface area contributed by atoms with Gasteiger partial charge in [-0.1, -0.05) is 11.6 Å². The number of thiazole rings is 1. The number of sulfonamides is 1. The Bertz CT molecular complexity index is 2890. The van der Waals surface area contributed by atoms with Gasteiger partial charge in [0.2, 0.25) is 15.9 Å². The third kappa shape index (κ3) is 7.36. The van der Waals surface area contributed by atoms with Gasteiger partial charge < -0.3 is 5.32 Å². The summed E-state index contributed by atoms with van der Waals surface area (Å²) >= 11 is 7.18. The lowest BCUT2D eigenvalue weighted by atomic mass is 10.0. The average Bonchev–Trinajstić information content (AvgIpc) is 3.32. The summed E-state index contributed by atoms with van der Waals surface area (Å²) in [6, 6.07) is 2.48. The van der Waals surface area contributed by atoms with Crippen molar-refractivity contribution in [2.45, 2.75) is 56.2 Å². The molecule has 4 heterocycles. The van der Waals surface area contributed by atoms with E-state index in [-0.39, 0.29) is 32.0 Å². The first-order valence-electron chi connectivity index (χ1n) is 16.8. The molecule has 8 rings (SSSR count). The molecule has 0 spiro atoms. The molecule has 59 heavy (non-hydrogen) atoms. The second-order valence-electron chi connectivity index (χ2n) is 13.8. The van der Waals surface area contributed by atoms with E-state index in [0.29, 0.717) is 21.6 Å². The van der Waals surface area contributed by atoms with Gasteiger partial charge in [-0.3, -0.25) is 28.2 Å². The lowest BCUT2D eigenvalue weighted by Crippen LogP contribution is -2.38. The number of hydrogen-bond donors (Lipinski definition) is 2. The second kappa shape index (κ2) is 13.6. The number of halogens is 11. The minimum atomic E-state index is -5.17. The van der Waals surface area contributed by atoms with Gasteiger partial charge in [0.25, 0.3) is 11.5 Å². The van der Waals surface area contributed by atoms with Crippen LogP contribution < -0.4 is 15.6 Å². The minimum Gasteiger partial charge on any atom is -0.344 e. The number of fused-ring (bicyclic) bond motifs is 5. The molecule has 2 N–H and O–H groups in total. The third-order valence-corrected chi connectivity index (χ3v) is 11.2. The van der Waals surface area contributed by atoms with Crippen molar-refractivity contribution in [2.24, 2.45) is 5.92 Å². The molecule has 3 atom stereocenters. The average molecular weight is 898 g/mol. The van der Waals surface area contributed by atoms with E-state index in [2.05, 4.69) is 25.5 Å². The fourth-order valence-electron chi connectivity index (χ4n) is 7.41. The monoisotopic (exact) mass is 897 g/mol. The minimum absolute atomic E-state index is 0.127. The highest BCUT2D eigenvalue weighted by Gasteiger charge is 2.68. The summed E-state index contributed by atoms with van der Waals surface area (Å²) in [5.74, 6) is -11.2. The van der Waals surface area contributed by atoms with Gasteiger partial charge in [0.05, 0.1) is 39.4 Å². The van der Waals surface area contributed by atoms with Gasteiger partial charge in [0.15, 0.2) is 21.9 Å². The Hall–Kier alpha value is -5.30. The number of carbonyl (C=O) groups excluding carboxylic acids is 1. The van der Waals surface area contributed by atoms with Crippen LogP contribution in [0.1, 0.15) is 46.7 Å². The summed E-state index contributed by atoms with van der Waals surface area (Å²) in [5, 5.41) is 8.71. The van der Waals surface area contributed by atoms with E-state index in [1.165, 1.54) is 5.51 Å². The molecule has 13 nitrogen and oxygen atoms in total. The molecule has 1 amide bonds. The largest absolute Gasteiger partial charge is 0.435 e. The zero-order valence-corrected chi connectivity index (χ0v) is 31.7. The molecule has 4 aromatic heterocycles. The molecule has 26 heteroatoms. The van der Waals surface area contributed by atoms with Crippen LogP contribution in [0.5, 0.6) is 0 Å². The maximum atomic E-state index is 15.4. The summed E-state index contributed by atoms with van der Waals surface area (Å²) < 4.78 is 171. The summed E-state index contributed by atoms with van der Waals surface area (Å²) in [4.78, 5) is 36.5. The van der Waals surface area contributed by atoms with Crippen molar-refractivity contribution in [1.82, 2.24) is 39.4 Å². The Morgan fingerprint density at radius 1 is 1.07 bits per heavy atom. The van der Waals surface area contributed by atoms with Gasteiger partial charge in [-0.05, 0) is 42.2 Å². The molecule has 2 aliphatic rings. The molecular weight excluding hydrogens is 876 g/mol. The van der Waals surface area contributed by atoms with Gasteiger partial charge >= 0.3 is 12.4 Å². The van der Waals surface area contributed by atoms with E-state index >= 15 is 8.78 Å². The number of amides is 1. The number of alkyl halides is 8. The molecule has 0 aliphatic heterocycles. The summed E-state index contributed by atoms with van der Waals surface area (Å²) in [5.41, 5.74) is -5.09. The smallest absolute Gasteiger partial charge is 0.344 e. The number of rotatable bonds is 10. The zero-order chi connectivity index (χ0) is 42.7. The standard InChI is InChI=1S/C33H22ClF10N9O4S2/c1-59(56,57)50-27-22-17(34)2-3-19(24(22)52(49-27)10-31(37,38)39)53-28(47-29-23(30(53)55)45-11-58-29)18(6-12-4-13(35)7-14(36)5-12)46-20(54)9-51-26-21(25(48-51)33(42,43)44)15-8-16(15)32(26,40)41/h2-5,7,11,15-16,18H,6,8-10H2,1H3,(H,46,54)(H,49,50)/t15-,16+,18-/m0/s1. The lowest BCUT2D eigenvalue weighted by Gasteiger charge is -2.24. The molecule has 0 saturated heterocycles. The first kappa shape index (κ1) is 40.5. The van der Waals surface area contributed by atoms with Crippen molar-refractivity contribution in [1.29, 1.82) is 0 Å². The Labute approximate surface area is 331 Å². The number of anilines is 1. The number of hydrogen-bond acceptors (Lipinski definition) is 9. The second-order valence-corrected chi connectivity index (χ2v) is 16.8. The molecule has 312 valence electrons. The molecule has 0 bridgehead atoms.